The molecular weight excluding hydrogens is 334 g/mol. The van der Waals surface area contributed by atoms with E-state index in [0.29, 0.717) is 12.3 Å². The fourth-order valence-corrected chi connectivity index (χ4v) is 3.69. The second-order valence-corrected chi connectivity index (χ2v) is 7.56. The summed E-state index contributed by atoms with van der Waals surface area (Å²) in [5.41, 5.74) is 0. The lowest BCUT2D eigenvalue weighted by Gasteiger charge is -2.26. The molecule has 6 nitrogen and oxygen atoms in total. The van der Waals surface area contributed by atoms with Gasteiger partial charge in [-0.05, 0) is 39.3 Å². The fourth-order valence-electron chi connectivity index (χ4n) is 2.91. The number of nitrogens with one attached hydrogen (secondary N) is 1. The zero-order chi connectivity index (χ0) is 18.1. The van der Waals surface area contributed by atoms with Gasteiger partial charge >= 0.3 is 0 Å². The normalized spacial score (nSPS) is 16.6. The first-order chi connectivity index (χ1) is 12.1. The minimum atomic E-state index is 0.0439. The molecule has 1 aromatic heterocycles. The topological polar surface area (TPSA) is 63.1 Å². The Morgan fingerprint density at radius 3 is 2.80 bits per heavy atom. The highest BCUT2D eigenvalue weighted by Crippen LogP contribution is 2.18. The van der Waals surface area contributed by atoms with Gasteiger partial charge in [0.25, 0.3) is 0 Å². The molecule has 1 fully saturated rings. The average Bonchev–Trinajstić information content (AvgIpc) is 3.01. The monoisotopic (exact) mass is 365 g/mol. The molecule has 1 amide bonds. The van der Waals surface area contributed by atoms with Gasteiger partial charge in [-0.3, -0.25) is 4.79 Å². The number of allylic oxidation sites excluding steroid dienone is 1. The average molecular weight is 366 g/mol. The van der Waals surface area contributed by atoms with Gasteiger partial charge in [-0.1, -0.05) is 31.2 Å². The number of carbonyl (C=O) groups is 1. The number of thioether (sulfide) groups is 1. The molecule has 1 saturated heterocycles. The maximum Gasteiger partial charge on any atom is 0.230 e. The second-order valence-electron chi connectivity index (χ2n) is 6.62. The molecule has 2 heterocycles. The molecular formula is C18H31N5OS. The first kappa shape index (κ1) is 20.0. The highest BCUT2D eigenvalue weighted by atomic mass is 32.2. The van der Waals surface area contributed by atoms with Crippen LogP contribution in [0.1, 0.15) is 45.4 Å². The molecule has 0 aromatic carbocycles. The Balaban J connectivity index is 1.90. The van der Waals surface area contributed by atoms with E-state index < -0.39 is 0 Å². The Morgan fingerprint density at radius 2 is 2.12 bits per heavy atom. The van der Waals surface area contributed by atoms with E-state index in [4.69, 9.17) is 0 Å². The third kappa shape index (κ3) is 6.47. The smallest absolute Gasteiger partial charge is 0.230 e. The number of likely N-dealkylation sites (tertiary alicyclic amines) is 1. The van der Waals surface area contributed by atoms with Crippen LogP contribution >= 0.6 is 11.8 Å². The molecule has 0 spiro atoms. The Hall–Kier alpha value is -1.34. The number of hydrogen-bond donors (Lipinski definition) is 1. The summed E-state index contributed by atoms with van der Waals surface area (Å²) in [6, 6.07) is 0.208. The molecule has 1 aliphatic heterocycles. The first-order valence-corrected chi connectivity index (χ1v) is 10.3. The van der Waals surface area contributed by atoms with Gasteiger partial charge in [0, 0.05) is 25.6 Å². The molecule has 2 rings (SSSR count). The first-order valence-electron chi connectivity index (χ1n) is 9.31. The van der Waals surface area contributed by atoms with E-state index in [1.165, 1.54) is 44.1 Å². The Morgan fingerprint density at radius 1 is 1.36 bits per heavy atom. The number of carbonyl (C=O) groups excluding carboxylic acids is 1. The summed E-state index contributed by atoms with van der Waals surface area (Å²) < 4.78 is 2.08. The summed E-state index contributed by atoms with van der Waals surface area (Å²) >= 11 is 1.45. The van der Waals surface area contributed by atoms with E-state index >= 15 is 0 Å². The van der Waals surface area contributed by atoms with Crippen molar-refractivity contribution in [2.75, 3.05) is 25.4 Å². The number of nitrogens with zero attached hydrogens (tertiary/aromatic N) is 4. The molecule has 25 heavy (non-hydrogen) atoms. The largest absolute Gasteiger partial charge is 0.353 e. The van der Waals surface area contributed by atoms with Crippen molar-refractivity contribution < 1.29 is 4.79 Å². The van der Waals surface area contributed by atoms with Crippen LogP contribution in [0.2, 0.25) is 0 Å². The maximum atomic E-state index is 12.0. The predicted octanol–water partition coefficient (Wildman–Crippen LogP) is 2.50. The van der Waals surface area contributed by atoms with Crippen molar-refractivity contribution in [3.05, 3.63) is 18.5 Å². The molecule has 1 aromatic rings. The van der Waals surface area contributed by atoms with Gasteiger partial charge in [-0.15, -0.1) is 16.8 Å². The fraction of sp³-hybridized carbons (Fsp3) is 0.722. The van der Waals surface area contributed by atoms with Crippen molar-refractivity contribution >= 4 is 17.7 Å². The van der Waals surface area contributed by atoms with Crippen LogP contribution in [0.25, 0.3) is 0 Å². The van der Waals surface area contributed by atoms with E-state index in [9.17, 15) is 4.79 Å². The summed E-state index contributed by atoms with van der Waals surface area (Å²) in [6.45, 7) is 12.0. The number of hydrogen-bond acceptors (Lipinski definition) is 5. The predicted molar refractivity (Wildman–Crippen MR) is 103 cm³/mol. The minimum absolute atomic E-state index is 0.0439. The van der Waals surface area contributed by atoms with Crippen LogP contribution in [0.3, 0.4) is 0 Å². The molecule has 0 radical (unpaired) electrons. The second kappa shape index (κ2) is 10.6. The standard InChI is InChI=1S/C18H31N5OS/c1-4-10-23-16(9-13-22-11-7-6-8-12-22)20-21-18(23)25-14-17(24)19-15(3)5-2/h4,15H,1,5-14H2,2-3H3,(H,19,24). The number of amides is 1. The van der Waals surface area contributed by atoms with Gasteiger partial charge < -0.3 is 14.8 Å². The van der Waals surface area contributed by atoms with Gasteiger partial charge in [0.15, 0.2) is 5.16 Å². The van der Waals surface area contributed by atoms with E-state index in [0.717, 1.165) is 30.4 Å². The highest BCUT2D eigenvalue weighted by Gasteiger charge is 2.16. The van der Waals surface area contributed by atoms with E-state index in [-0.39, 0.29) is 11.9 Å². The van der Waals surface area contributed by atoms with Crippen LogP contribution in [-0.4, -0.2) is 57.0 Å². The van der Waals surface area contributed by atoms with Crippen molar-refractivity contribution in [2.45, 2.75) is 63.7 Å². The molecule has 0 bridgehead atoms. The van der Waals surface area contributed by atoms with E-state index in [1.54, 1.807) is 0 Å². The van der Waals surface area contributed by atoms with E-state index in [2.05, 4.69) is 38.5 Å². The van der Waals surface area contributed by atoms with Crippen LogP contribution in [0.15, 0.2) is 17.8 Å². The minimum Gasteiger partial charge on any atom is -0.353 e. The van der Waals surface area contributed by atoms with E-state index in [1.807, 2.05) is 13.0 Å². The number of rotatable bonds is 10. The van der Waals surface area contributed by atoms with Gasteiger partial charge in [-0.2, -0.15) is 0 Å². The summed E-state index contributed by atoms with van der Waals surface area (Å²) in [4.78, 5) is 14.5. The van der Waals surface area contributed by atoms with Crippen molar-refractivity contribution in [2.24, 2.45) is 0 Å². The molecule has 1 unspecified atom stereocenters. The summed E-state index contributed by atoms with van der Waals surface area (Å²) in [5, 5.41) is 12.4. The molecule has 1 atom stereocenters. The highest BCUT2D eigenvalue weighted by molar-refractivity contribution is 7.99. The molecule has 0 aliphatic carbocycles. The Bertz CT molecular complexity index is 554. The molecule has 140 valence electrons. The summed E-state index contributed by atoms with van der Waals surface area (Å²) in [5.74, 6) is 1.39. The van der Waals surface area contributed by atoms with Gasteiger partial charge in [0.2, 0.25) is 5.91 Å². The van der Waals surface area contributed by atoms with Crippen LogP contribution in [0, 0.1) is 0 Å². The third-order valence-corrected chi connectivity index (χ3v) is 5.52. The van der Waals surface area contributed by atoms with Crippen LogP contribution in [0.5, 0.6) is 0 Å². The Kier molecular flexibility index (Phi) is 8.48. The zero-order valence-electron chi connectivity index (χ0n) is 15.5. The summed E-state index contributed by atoms with van der Waals surface area (Å²) in [7, 11) is 0. The molecule has 1 N–H and O–H groups in total. The lowest BCUT2D eigenvalue weighted by molar-refractivity contribution is -0.119. The number of piperidine rings is 1. The zero-order valence-corrected chi connectivity index (χ0v) is 16.4. The quantitative estimate of drug-likeness (QED) is 0.510. The number of aromatic nitrogens is 3. The van der Waals surface area contributed by atoms with Crippen molar-refractivity contribution in [1.82, 2.24) is 25.0 Å². The lowest BCUT2D eigenvalue weighted by atomic mass is 10.1. The van der Waals surface area contributed by atoms with Crippen LogP contribution < -0.4 is 5.32 Å². The van der Waals surface area contributed by atoms with Crippen LogP contribution in [0.4, 0.5) is 0 Å². The Labute approximate surface area is 155 Å². The third-order valence-electron chi connectivity index (χ3n) is 4.56. The van der Waals surface area contributed by atoms with Gasteiger partial charge in [-0.25, -0.2) is 0 Å². The summed E-state index contributed by atoms with van der Waals surface area (Å²) in [6.07, 6.45) is 7.63. The molecule has 0 saturated carbocycles. The SMILES string of the molecule is C=CCn1c(CCN2CCCCC2)nnc1SCC(=O)NC(C)CC. The molecule has 7 heteroatoms. The van der Waals surface area contributed by atoms with Gasteiger partial charge in [0.05, 0.1) is 5.75 Å². The van der Waals surface area contributed by atoms with Gasteiger partial charge in [0.1, 0.15) is 5.82 Å². The van der Waals surface area contributed by atoms with Crippen molar-refractivity contribution in [3.8, 4) is 0 Å². The van der Waals surface area contributed by atoms with Crippen molar-refractivity contribution in [3.63, 3.8) is 0 Å². The van der Waals surface area contributed by atoms with Crippen molar-refractivity contribution in [1.29, 1.82) is 0 Å². The van der Waals surface area contributed by atoms with Crippen LogP contribution in [-0.2, 0) is 17.8 Å². The lowest BCUT2D eigenvalue weighted by Crippen LogP contribution is -2.33. The maximum absolute atomic E-state index is 12.0. The molecule has 1 aliphatic rings.